The van der Waals surface area contributed by atoms with E-state index in [4.69, 9.17) is 11.6 Å². The van der Waals surface area contributed by atoms with Crippen molar-refractivity contribution in [3.8, 4) is 0 Å². The fraction of sp³-hybridized carbons (Fsp3) is 0.167. The van der Waals surface area contributed by atoms with Crippen LogP contribution in [0, 0.1) is 5.82 Å². The van der Waals surface area contributed by atoms with Crippen molar-refractivity contribution in [2.45, 2.75) is 6.04 Å². The standard InChI is InChI=1S/C12H9Br2ClFNS/c1-17-11(7-5-10(13)18-12(7)14)6-2-3-8(15)9(16)4-6/h2-5,11,17H,1H3. The molecular formula is C12H9Br2ClFNS. The Hall–Kier alpha value is 0.0600. The van der Waals surface area contributed by atoms with Gasteiger partial charge in [-0.1, -0.05) is 17.7 Å². The Morgan fingerprint density at radius 2 is 2.06 bits per heavy atom. The van der Waals surface area contributed by atoms with E-state index in [0.717, 1.165) is 18.7 Å². The highest BCUT2D eigenvalue weighted by atomic mass is 79.9. The third kappa shape index (κ3) is 2.96. The van der Waals surface area contributed by atoms with E-state index in [1.807, 2.05) is 19.2 Å². The molecule has 2 rings (SSSR count). The van der Waals surface area contributed by atoms with E-state index in [2.05, 4.69) is 37.2 Å². The zero-order valence-corrected chi connectivity index (χ0v) is 14.1. The summed E-state index contributed by atoms with van der Waals surface area (Å²) < 4.78 is 15.6. The highest BCUT2D eigenvalue weighted by Crippen LogP contribution is 2.38. The maximum absolute atomic E-state index is 13.5. The second-order valence-electron chi connectivity index (χ2n) is 3.67. The van der Waals surface area contributed by atoms with Crippen LogP contribution in [0.25, 0.3) is 0 Å². The second-order valence-corrected chi connectivity index (χ2v) is 7.83. The second kappa shape index (κ2) is 6.01. The molecule has 1 heterocycles. The van der Waals surface area contributed by atoms with Crippen molar-refractivity contribution in [2.75, 3.05) is 7.05 Å². The highest BCUT2D eigenvalue weighted by molar-refractivity contribution is 9.12. The van der Waals surface area contributed by atoms with Crippen molar-refractivity contribution in [2.24, 2.45) is 0 Å². The molecule has 1 aromatic carbocycles. The lowest BCUT2D eigenvalue weighted by atomic mass is 10.0. The van der Waals surface area contributed by atoms with Crippen LogP contribution in [0.5, 0.6) is 0 Å². The van der Waals surface area contributed by atoms with Gasteiger partial charge in [0.05, 0.1) is 18.6 Å². The van der Waals surface area contributed by atoms with E-state index >= 15 is 0 Å². The molecule has 0 aliphatic heterocycles. The first-order valence-corrected chi connectivity index (χ1v) is 7.88. The van der Waals surface area contributed by atoms with Crippen LogP contribution < -0.4 is 5.32 Å². The number of nitrogens with one attached hydrogen (secondary N) is 1. The summed E-state index contributed by atoms with van der Waals surface area (Å²) in [7, 11) is 1.84. The molecule has 0 radical (unpaired) electrons. The average molecular weight is 414 g/mol. The van der Waals surface area contributed by atoms with Gasteiger partial charge in [0.1, 0.15) is 5.82 Å². The van der Waals surface area contributed by atoms with Gasteiger partial charge in [-0.05, 0) is 68.2 Å². The molecule has 18 heavy (non-hydrogen) atoms. The van der Waals surface area contributed by atoms with E-state index in [-0.39, 0.29) is 11.1 Å². The number of hydrogen-bond acceptors (Lipinski definition) is 2. The van der Waals surface area contributed by atoms with Crippen LogP contribution >= 0.6 is 54.8 Å². The maximum Gasteiger partial charge on any atom is 0.142 e. The minimum Gasteiger partial charge on any atom is -0.309 e. The predicted molar refractivity (Wildman–Crippen MR) is 82.0 cm³/mol. The molecule has 0 saturated heterocycles. The Bertz CT molecular complexity index is 573. The summed E-state index contributed by atoms with van der Waals surface area (Å²) in [6, 6.07) is 6.80. The number of halogens is 4. The Morgan fingerprint density at radius 3 is 2.56 bits per heavy atom. The number of rotatable bonds is 3. The summed E-state index contributed by atoms with van der Waals surface area (Å²) in [4.78, 5) is 0. The Labute approximate surface area is 131 Å². The first-order chi connectivity index (χ1) is 8.52. The number of hydrogen-bond donors (Lipinski definition) is 1. The van der Waals surface area contributed by atoms with Gasteiger partial charge in [0.2, 0.25) is 0 Å². The Kier molecular flexibility index (Phi) is 4.83. The molecule has 1 unspecified atom stereocenters. The SMILES string of the molecule is CNC(c1ccc(Cl)c(F)c1)c1cc(Br)sc1Br. The minimum absolute atomic E-state index is 0.0753. The van der Waals surface area contributed by atoms with E-state index in [1.165, 1.54) is 6.07 Å². The van der Waals surface area contributed by atoms with Gasteiger partial charge in [-0.2, -0.15) is 0 Å². The van der Waals surface area contributed by atoms with Crippen molar-refractivity contribution < 1.29 is 4.39 Å². The summed E-state index contributed by atoms with van der Waals surface area (Å²) in [6.45, 7) is 0. The fourth-order valence-corrected chi connectivity index (χ4v) is 4.76. The molecular weight excluding hydrogens is 404 g/mol. The molecule has 0 aliphatic rings. The summed E-state index contributed by atoms with van der Waals surface area (Å²) in [5, 5.41) is 3.32. The first kappa shape index (κ1) is 14.5. The zero-order valence-electron chi connectivity index (χ0n) is 9.31. The first-order valence-electron chi connectivity index (χ1n) is 5.10. The van der Waals surface area contributed by atoms with Crippen LogP contribution in [0.2, 0.25) is 5.02 Å². The van der Waals surface area contributed by atoms with Crippen LogP contribution in [0.3, 0.4) is 0 Å². The predicted octanol–water partition coefficient (Wildman–Crippen LogP) is 5.37. The molecule has 0 aliphatic carbocycles. The third-order valence-electron chi connectivity index (χ3n) is 2.56. The topological polar surface area (TPSA) is 12.0 Å². The van der Waals surface area contributed by atoms with Gasteiger partial charge in [0.25, 0.3) is 0 Å². The Balaban J connectivity index is 2.45. The minimum atomic E-state index is -0.403. The van der Waals surface area contributed by atoms with Crippen LogP contribution in [-0.2, 0) is 0 Å². The number of benzene rings is 1. The smallest absolute Gasteiger partial charge is 0.142 e. The Morgan fingerprint density at radius 1 is 1.33 bits per heavy atom. The molecule has 1 nitrogen and oxygen atoms in total. The maximum atomic E-state index is 13.5. The molecule has 2 aromatic rings. The van der Waals surface area contributed by atoms with E-state index in [9.17, 15) is 4.39 Å². The largest absolute Gasteiger partial charge is 0.309 e. The molecule has 0 spiro atoms. The lowest BCUT2D eigenvalue weighted by Crippen LogP contribution is -2.17. The fourth-order valence-electron chi connectivity index (χ4n) is 1.74. The van der Waals surface area contributed by atoms with E-state index in [1.54, 1.807) is 17.4 Å². The molecule has 0 saturated carbocycles. The van der Waals surface area contributed by atoms with Gasteiger partial charge < -0.3 is 5.32 Å². The summed E-state index contributed by atoms with van der Waals surface area (Å²) in [5.74, 6) is -0.403. The summed E-state index contributed by atoms with van der Waals surface area (Å²) in [6.07, 6.45) is 0. The molecule has 96 valence electrons. The molecule has 6 heteroatoms. The average Bonchev–Trinajstić information content (AvgIpc) is 2.64. The van der Waals surface area contributed by atoms with Crippen molar-refractivity contribution >= 4 is 54.8 Å². The lowest BCUT2D eigenvalue weighted by Gasteiger charge is -2.16. The molecule has 1 aromatic heterocycles. The molecule has 1 N–H and O–H groups in total. The van der Waals surface area contributed by atoms with Gasteiger partial charge in [-0.15, -0.1) is 11.3 Å². The van der Waals surface area contributed by atoms with Crippen molar-refractivity contribution in [3.63, 3.8) is 0 Å². The molecule has 0 fully saturated rings. The van der Waals surface area contributed by atoms with Crippen molar-refractivity contribution in [1.82, 2.24) is 5.32 Å². The van der Waals surface area contributed by atoms with Gasteiger partial charge in [-0.3, -0.25) is 0 Å². The normalized spacial score (nSPS) is 12.7. The lowest BCUT2D eigenvalue weighted by molar-refractivity contribution is 0.617. The van der Waals surface area contributed by atoms with Crippen molar-refractivity contribution in [3.05, 3.63) is 53.8 Å². The van der Waals surface area contributed by atoms with Crippen LogP contribution in [0.4, 0.5) is 4.39 Å². The molecule has 0 bridgehead atoms. The van der Waals surface area contributed by atoms with Crippen LogP contribution in [0.1, 0.15) is 17.2 Å². The summed E-state index contributed by atoms with van der Waals surface area (Å²) >= 11 is 14.3. The van der Waals surface area contributed by atoms with E-state index in [0.29, 0.717) is 0 Å². The van der Waals surface area contributed by atoms with Crippen LogP contribution in [0.15, 0.2) is 31.8 Å². The van der Waals surface area contributed by atoms with Gasteiger partial charge in [0, 0.05) is 0 Å². The molecule has 1 atom stereocenters. The number of thiophene rings is 1. The highest BCUT2D eigenvalue weighted by Gasteiger charge is 2.18. The zero-order chi connectivity index (χ0) is 13.3. The van der Waals surface area contributed by atoms with E-state index < -0.39 is 5.82 Å². The van der Waals surface area contributed by atoms with Gasteiger partial charge >= 0.3 is 0 Å². The van der Waals surface area contributed by atoms with Crippen LogP contribution in [-0.4, -0.2) is 7.05 Å². The van der Waals surface area contributed by atoms with Crippen molar-refractivity contribution in [1.29, 1.82) is 0 Å². The van der Waals surface area contributed by atoms with Gasteiger partial charge in [0.15, 0.2) is 0 Å². The summed E-state index contributed by atoms with van der Waals surface area (Å²) in [5.41, 5.74) is 1.90. The quantitative estimate of drug-likeness (QED) is 0.713. The molecule has 0 amide bonds. The van der Waals surface area contributed by atoms with Gasteiger partial charge in [-0.25, -0.2) is 4.39 Å². The monoisotopic (exact) mass is 411 g/mol. The third-order valence-corrected chi connectivity index (χ3v) is 5.25.